The van der Waals surface area contributed by atoms with Gasteiger partial charge in [-0.25, -0.2) is 4.98 Å². The van der Waals surface area contributed by atoms with E-state index in [1.165, 1.54) is 19.2 Å². The molecule has 2 N–H and O–H groups in total. The molecule has 0 amide bonds. The van der Waals surface area contributed by atoms with Gasteiger partial charge in [-0.1, -0.05) is 12.1 Å². The number of benzene rings is 2. The van der Waals surface area contributed by atoms with Gasteiger partial charge in [0.1, 0.15) is 28.8 Å². The van der Waals surface area contributed by atoms with E-state index in [2.05, 4.69) is 0 Å². The summed E-state index contributed by atoms with van der Waals surface area (Å²) in [6.45, 7) is 0.622. The van der Waals surface area contributed by atoms with E-state index in [9.17, 15) is 15.0 Å². The third-order valence-electron chi connectivity index (χ3n) is 6.95. The van der Waals surface area contributed by atoms with Crippen LogP contribution in [0.4, 0.5) is 0 Å². The van der Waals surface area contributed by atoms with Gasteiger partial charge in [-0.15, -0.1) is 0 Å². The van der Waals surface area contributed by atoms with Crippen LogP contribution in [0.1, 0.15) is 34.6 Å². The molecule has 0 saturated carbocycles. The molecule has 2 aliphatic heterocycles. The average molecular weight is 434 g/mol. The number of aromatic nitrogens is 2. The van der Waals surface area contributed by atoms with E-state index in [1.54, 1.807) is 35.9 Å². The van der Waals surface area contributed by atoms with Gasteiger partial charge in [0, 0.05) is 37.1 Å². The van der Waals surface area contributed by atoms with Crippen LogP contribution in [-0.4, -0.2) is 34.0 Å². The predicted molar refractivity (Wildman–Crippen MR) is 113 cm³/mol. The highest BCUT2D eigenvalue weighted by Gasteiger charge is 2.69. The molecule has 6 rings (SSSR count). The lowest BCUT2D eigenvalue weighted by Gasteiger charge is -2.35. The van der Waals surface area contributed by atoms with E-state index < -0.39 is 11.2 Å². The Labute approximate surface area is 183 Å². The minimum Gasteiger partial charge on any atom is -0.508 e. The highest BCUT2D eigenvalue weighted by Crippen LogP contribution is 2.64. The molecule has 0 saturated heterocycles. The van der Waals surface area contributed by atoms with Crippen molar-refractivity contribution in [3.8, 4) is 23.0 Å². The molecule has 3 heterocycles. The molecule has 3 aromatic rings. The molecule has 164 valence electrons. The van der Waals surface area contributed by atoms with Gasteiger partial charge < -0.3 is 24.4 Å². The number of aromatic hydroxyl groups is 1. The van der Waals surface area contributed by atoms with E-state index >= 15 is 0 Å². The fourth-order valence-corrected chi connectivity index (χ4v) is 5.48. The smallest absolute Gasteiger partial charge is 0.257 e. The zero-order chi connectivity index (χ0) is 22.3. The van der Waals surface area contributed by atoms with Gasteiger partial charge in [0.05, 0.1) is 25.5 Å². The zero-order valence-electron chi connectivity index (χ0n) is 17.7. The van der Waals surface area contributed by atoms with Crippen molar-refractivity contribution >= 4 is 0 Å². The second kappa shape index (κ2) is 6.26. The Morgan fingerprint density at radius 3 is 2.66 bits per heavy atom. The fourth-order valence-electron chi connectivity index (χ4n) is 5.48. The molecule has 0 fully saturated rings. The monoisotopic (exact) mass is 434 g/mol. The number of nitrogens with zero attached hydrogens (tertiary/aromatic N) is 2. The SMILES string of the molecule is COc1cc(OC)c2c(c1)O[C@]1(c3ccc(O)cc3)Cc3c(nc4n(c3=O)CCC4)[C@]21O. The Morgan fingerprint density at radius 2 is 1.94 bits per heavy atom. The van der Waals surface area contributed by atoms with Gasteiger partial charge in [-0.05, 0) is 24.1 Å². The molecule has 0 bridgehead atoms. The maximum absolute atomic E-state index is 13.4. The molecule has 1 aromatic heterocycles. The molecule has 8 heteroatoms. The standard InChI is InChI=1S/C24H22N2O6/c1-30-15-10-17(31-2)20-18(11-15)32-23(13-5-7-14(27)8-6-13)12-16-21(24(20,23)29)25-19-4-3-9-26(19)22(16)28/h5-8,10-11,27,29H,3-4,9,12H2,1-2H3/t23-,24+/m0/s1. The summed E-state index contributed by atoms with van der Waals surface area (Å²) >= 11 is 0. The van der Waals surface area contributed by atoms with E-state index in [4.69, 9.17) is 19.2 Å². The first-order valence-electron chi connectivity index (χ1n) is 10.5. The number of aliphatic hydroxyl groups is 1. The first-order valence-corrected chi connectivity index (χ1v) is 10.5. The van der Waals surface area contributed by atoms with Crippen molar-refractivity contribution in [1.29, 1.82) is 0 Å². The van der Waals surface area contributed by atoms with Crippen LogP contribution in [0, 0.1) is 0 Å². The molecule has 2 atom stereocenters. The van der Waals surface area contributed by atoms with Crippen LogP contribution < -0.4 is 19.8 Å². The summed E-state index contributed by atoms with van der Waals surface area (Å²) in [5.41, 5.74) is -1.45. The lowest BCUT2D eigenvalue weighted by molar-refractivity contribution is -0.0820. The van der Waals surface area contributed by atoms with Gasteiger partial charge in [-0.2, -0.15) is 0 Å². The summed E-state index contributed by atoms with van der Waals surface area (Å²) in [5, 5.41) is 22.4. The lowest BCUT2D eigenvalue weighted by atomic mass is 9.76. The highest BCUT2D eigenvalue weighted by atomic mass is 16.5. The fraction of sp³-hybridized carbons (Fsp3) is 0.333. The number of phenolic OH excluding ortho intramolecular Hbond substituents is 1. The summed E-state index contributed by atoms with van der Waals surface area (Å²) in [6, 6.07) is 9.87. The quantitative estimate of drug-likeness (QED) is 0.650. The second-order valence-electron chi connectivity index (χ2n) is 8.48. The van der Waals surface area contributed by atoms with Gasteiger partial charge in [0.15, 0.2) is 11.2 Å². The van der Waals surface area contributed by atoms with Crippen LogP contribution in [0.25, 0.3) is 0 Å². The van der Waals surface area contributed by atoms with E-state index in [0.717, 1.165) is 6.42 Å². The van der Waals surface area contributed by atoms with Gasteiger partial charge in [-0.3, -0.25) is 9.36 Å². The van der Waals surface area contributed by atoms with Crippen molar-refractivity contribution in [3.63, 3.8) is 0 Å². The summed E-state index contributed by atoms with van der Waals surface area (Å²) in [7, 11) is 3.06. The molecule has 2 aromatic carbocycles. The molecule has 0 radical (unpaired) electrons. The first-order chi connectivity index (χ1) is 15.4. The van der Waals surface area contributed by atoms with Crippen LogP contribution >= 0.6 is 0 Å². The third-order valence-corrected chi connectivity index (χ3v) is 6.95. The zero-order valence-corrected chi connectivity index (χ0v) is 17.7. The van der Waals surface area contributed by atoms with Crippen molar-refractivity contribution in [1.82, 2.24) is 9.55 Å². The van der Waals surface area contributed by atoms with Crippen molar-refractivity contribution in [2.45, 2.75) is 37.0 Å². The van der Waals surface area contributed by atoms with E-state index in [0.29, 0.717) is 58.4 Å². The number of rotatable bonds is 3. The molecule has 3 aliphatic rings. The Hall–Kier alpha value is -3.52. The van der Waals surface area contributed by atoms with Crippen LogP contribution in [0.15, 0.2) is 41.2 Å². The maximum Gasteiger partial charge on any atom is 0.257 e. The van der Waals surface area contributed by atoms with Gasteiger partial charge in [0.25, 0.3) is 5.56 Å². The number of ether oxygens (including phenoxy) is 3. The third kappa shape index (κ3) is 2.15. The minimum atomic E-state index is -1.76. The summed E-state index contributed by atoms with van der Waals surface area (Å²) in [5.74, 6) is 2.08. The molecule has 0 unspecified atom stereocenters. The summed E-state index contributed by atoms with van der Waals surface area (Å²) < 4.78 is 19.3. The number of aryl methyl sites for hydroxylation is 1. The number of phenols is 1. The molecule has 0 spiro atoms. The van der Waals surface area contributed by atoms with Crippen molar-refractivity contribution < 1.29 is 24.4 Å². The van der Waals surface area contributed by atoms with Crippen molar-refractivity contribution in [2.24, 2.45) is 0 Å². The molecule has 32 heavy (non-hydrogen) atoms. The average Bonchev–Trinajstić information content (AvgIpc) is 3.43. The molecular formula is C24H22N2O6. The Balaban J connectivity index is 1.71. The number of fused-ring (bicyclic) bond motifs is 6. The van der Waals surface area contributed by atoms with Crippen LogP contribution in [0.2, 0.25) is 0 Å². The topological polar surface area (TPSA) is 103 Å². The Bertz CT molecular complexity index is 1330. The molecular weight excluding hydrogens is 412 g/mol. The van der Waals surface area contributed by atoms with Crippen LogP contribution in [0.5, 0.6) is 23.0 Å². The maximum atomic E-state index is 13.4. The van der Waals surface area contributed by atoms with Crippen molar-refractivity contribution in [2.75, 3.05) is 14.2 Å². The Morgan fingerprint density at radius 1 is 1.16 bits per heavy atom. The normalized spacial score (nSPS) is 24.3. The Kier molecular flexibility index (Phi) is 3.75. The number of hydrogen-bond acceptors (Lipinski definition) is 7. The largest absolute Gasteiger partial charge is 0.508 e. The summed E-state index contributed by atoms with van der Waals surface area (Å²) in [4.78, 5) is 18.2. The van der Waals surface area contributed by atoms with Crippen molar-refractivity contribution in [3.05, 3.63) is 75.0 Å². The molecule has 8 nitrogen and oxygen atoms in total. The number of hydrogen-bond donors (Lipinski definition) is 2. The predicted octanol–water partition coefficient (Wildman–Crippen LogP) is 1.99. The van der Waals surface area contributed by atoms with Crippen LogP contribution in [-0.2, 0) is 30.6 Å². The number of methoxy groups -OCH3 is 2. The first kappa shape index (κ1) is 19.2. The lowest BCUT2D eigenvalue weighted by Crippen LogP contribution is -2.47. The van der Waals surface area contributed by atoms with E-state index in [-0.39, 0.29) is 17.7 Å². The summed E-state index contributed by atoms with van der Waals surface area (Å²) in [6.07, 6.45) is 1.66. The minimum absolute atomic E-state index is 0.0936. The van der Waals surface area contributed by atoms with Gasteiger partial charge >= 0.3 is 0 Å². The second-order valence-corrected chi connectivity index (χ2v) is 8.48. The highest BCUT2D eigenvalue weighted by molar-refractivity contribution is 5.65. The van der Waals surface area contributed by atoms with Crippen LogP contribution in [0.3, 0.4) is 0 Å². The van der Waals surface area contributed by atoms with Gasteiger partial charge in [0.2, 0.25) is 0 Å². The van der Waals surface area contributed by atoms with E-state index in [1.807, 2.05) is 0 Å². The molecule has 1 aliphatic carbocycles.